The van der Waals surface area contributed by atoms with Crippen molar-refractivity contribution in [3.63, 3.8) is 0 Å². The topological polar surface area (TPSA) is 84.0 Å². The predicted octanol–water partition coefficient (Wildman–Crippen LogP) is 4.80. The zero-order chi connectivity index (χ0) is 20.1. The van der Waals surface area contributed by atoms with Crippen molar-refractivity contribution in [3.8, 4) is 0 Å². The van der Waals surface area contributed by atoms with Crippen LogP contribution >= 0.6 is 0 Å². The van der Waals surface area contributed by atoms with E-state index in [1.165, 1.54) is 6.92 Å². The predicted molar refractivity (Wildman–Crippen MR) is 110 cm³/mol. The molecule has 1 heterocycles. The molecule has 0 atom stereocenters. The first-order chi connectivity index (χ1) is 13.4. The molecule has 28 heavy (non-hydrogen) atoms. The summed E-state index contributed by atoms with van der Waals surface area (Å²) in [4.78, 5) is 23.8. The van der Waals surface area contributed by atoms with Gasteiger partial charge in [0.05, 0.1) is 0 Å². The molecule has 3 aromatic rings. The van der Waals surface area contributed by atoms with Crippen molar-refractivity contribution < 1.29 is 9.59 Å². The Morgan fingerprint density at radius 1 is 0.893 bits per heavy atom. The quantitative estimate of drug-likeness (QED) is 0.606. The first kappa shape index (κ1) is 19.2. The number of hydrogen-bond donors (Lipinski definition) is 2. The van der Waals surface area contributed by atoms with Gasteiger partial charge in [0.25, 0.3) is 5.91 Å². The average Bonchev–Trinajstić information content (AvgIpc) is 2.69. The van der Waals surface area contributed by atoms with Crippen molar-refractivity contribution in [1.82, 2.24) is 10.2 Å². The molecule has 0 aliphatic rings. The van der Waals surface area contributed by atoms with Crippen LogP contribution in [0.3, 0.4) is 0 Å². The second kappa shape index (κ2) is 8.43. The highest BCUT2D eigenvalue weighted by atomic mass is 16.2. The van der Waals surface area contributed by atoms with E-state index >= 15 is 0 Å². The van der Waals surface area contributed by atoms with Gasteiger partial charge in [-0.05, 0) is 60.9 Å². The van der Waals surface area contributed by atoms with E-state index in [0.29, 0.717) is 17.3 Å². The number of para-hydroxylation sites is 1. The molecule has 0 saturated heterocycles. The molecule has 6 nitrogen and oxygen atoms in total. The summed E-state index contributed by atoms with van der Waals surface area (Å²) in [6.07, 6.45) is 0. The van der Waals surface area contributed by atoms with Crippen LogP contribution in [0.1, 0.15) is 53.1 Å². The van der Waals surface area contributed by atoms with Crippen molar-refractivity contribution in [2.45, 2.75) is 26.7 Å². The van der Waals surface area contributed by atoms with Crippen molar-refractivity contribution >= 4 is 28.9 Å². The lowest BCUT2D eigenvalue weighted by Gasteiger charge is -2.13. The number of nitrogens with zero attached hydrogens (tertiary/aromatic N) is 2. The van der Waals surface area contributed by atoms with E-state index in [9.17, 15) is 9.59 Å². The van der Waals surface area contributed by atoms with Crippen LogP contribution in [-0.4, -0.2) is 21.9 Å². The molecule has 6 heteroatoms. The largest absolute Gasteiger partial charge is 0.339 e. The van der Waals surface area contributed by atoms with E-state index in [-0.39, 0.29) is 17.4 Å². The van der Waals surface area contributed by atoms with Gasteiger partial charge in [0.15, 0.2) is 17.3 Å². The summed E-state index contributed by atoms with van der Waals surface area (Å²) in [5.74, 6) is 0.511. The second-order valence-electron chi connectivity index (χ2n) is 6.76. The van der Waals surface area contributed by atoms with E-state index in [0.717, 1.165) is 16.9 Å². The molecule has 142 valence electrons. The van der Waals surface area contributed by atoms with Crippen LogP contribution in [0.2, 0.25) is 0 Å². The monoisotopic (exact) mass is 374 g/mol. The molecule has 3 rings (SSSR count). The Morgan fingerprint density at radius 3 is 2.21 bits per heavy atom. The molecule has 0 saturated carbocycles. The molecule has 1 aromatic heterocycles. The van der Waals surface area contributed by atoms with Crippen molar-refractivity contribution in [2.24, 2.45) is 0 Å². The van der Waals surface area contributed by atoms with E-state index in [1.54, 1.807) is 36.4 Å². The number of carbonyl (C=O) groups is 2. The molecule has 0 aliphatic carbocycles. The summed E-state index contributed by atoms with van der Waals surface area (Å²) in [6, 6.07) is 18.1. The minimum Gasteiger partial charge on any atom is -0.339 e. The molecule has 0 fully saturated rings. The summed E-state index contributed by atoms with van der Waals surface area (Å²) >= 11 is 0. The summed E-state index contributed by atoms with van der Waals surface area (Å²) in [7, 11) is 0. The standard InChI is InChI=1S/C22H22N4O2/c1-14(2)18-6-4-5-7-19(18)24-22(28)20-12-13-21(26-25-20)23-17-10-8-16(9-11-17)15(3)27/h4-14H,1-3H3,(H,23,26)(H,24,28). The number of aromatic nitrogens is 2. The average molecular weight is 374 g/mol. The highest BCUT2D eigenvalue weighted by Crippen LogP contribution is 2.24. The van der Waals surface area contributed by atoms with Gasteiger partial charge >= 0.3 is 0 Å². The number of Topliss-reactive ketones (excluding diaryl/α,β-unsaturated/α-hetero) is 1. The Bertz CT molecular complexity index is 980. The molecule has 2 N–H and O–H groups in total. The van der Waals surface area contributed by atoms with Crippen molar-refractivity contribution in [3.05, 3.63) is 77.5 Å². The Kier molecular flexibility index (Phi) is 5.79. The van der Waals surface area contributed by atoms with E-state index in [2.05, 4.69) is 34.7 Å². The Labute approximate surface area is 164 Å². The minimum absolute atomic E-state index is 0.0146. The van der Waals surface area contributed by atoms with Crippen molar-refractivity contribution in [2.75, 3.05) is 10.6 Å². The highest BCUT2D eigenvalue weighted by Gasteiger charge is 2.12. The minimum atomic E-state index is -0.307. The molecule has 0 unspecified atom stereocenters. The van der Waals surface area contributed by atoms with Gasteiger partial charge in [-0.2, -0.15) is 0 Å². The molecule has 1 amide bonds. The number of hydrogen-bond acceptors (Lipinski definition) is 5. The number of carbonyl (C=O) groups excluding carboxylic acids is 2. The molecular weight excluding hydrogens is 352 g/mol. The fraction of sp³-hybridized carbons (Fsp3) is 0.182. The van der Waals surface area contributed by atoms with E-state index < -0.39 is 0 Å². The number of anilines is 3. The first-order valence-electron chi connectivity index (χ1n) is 9.06. The van der Waals surface area contributed by atoms with E-state index in [1.807, 2.05) is 24.3 Å². The Balaban J connectivity index is 1.68. The van der Waals surface area contributed by atoms with Crippen LogP contribution in [-0.2, 0) is 0 Å². The second-order valence-corrected chi connectivity index (χ2v) is 6.76. The number of rotatable bonds is 6. The molecule has 0 radical (unpaired) electrons. The lowest BCUT2D eigenvalue weighted by Crippen LogP contribution is -2.16. The van der Waals surface area contributed by atoms with Gasteiger partial charge in [0, 0.05) is 16.9 Å². The van der Waals surface area contributed by atoms with Crippen LogP contribution in [0.15, 0.2) is 60.7 Å². The van der Waals surface area contributed by atoms with Crippen LogP contribution in [0, 0.1) is 0 Å². The maximum absolute atomic E-state index is 12.5. The first-order valence-corrected chi connectivity index (χ1v) is 9.06. The van der Waals surface area contributed by atoms with Gasteiger partial charge in [0.1, 0.15) is 0 Å². The van der Waals surface area contributed by atoms with Crippen LogP contribution in [0.4, 0.5) is 17.2 Å². The summed E-state index contributed by atoms with van der Waals surface area (Å²) in [5, 5.41) is 14.1. The maximum Gasteiger partial charge on any atom is 0.276 e. The highest BCUT2D eigenvalue weighted by molar-refractivity contribution is 6.03. The maximum atomic E-state index is 12.5. The number of ketones is 1. The third-order valence-electron chi connectivity index (χ3n) is 4.29. The van der Waals surface area contributed by atoms with Gasteiger partial charge < -0.3 is 10.6 Å². The lowest BCUT2D eigenvalue weighted by atomic mass is 10.0. The van der Waals surface area contributed by atoms with Gasteiger partial charge in [-0.3, -0.25) is 9.59 Å². The number of benzene rings is 2. The molecule has 0 bridgehead atoms. The molecule has 0 spiro atoms. The third kappa shape index (κ3) is 4.59. The summed E-state index contributed by atoms with van der Waals surface area (Å²) < 4.78 is 0. The fourth-order valence-corrected chi connectivity index (χ4v) is 2.76. The van der Waals surface area contributed by atoms with Crippen molar-refractivity contribution in [1.29, 1.82) is 0 Å². The summed E-state index contributed by atoms with van der Waals surface area (Å²) in [5.41, 5.74) is 3.50. The Morgan fingerprint density at radius 2 is 1.61 bits per heavy atom. The normalized spacial score (nSPS) is 10.6. The van der Waals surface area contributed by atoms with Gasteiger partial charge in [-0.25, -0.2) is 0 Å². The molecule has 2 aromatic carbocycles. The van der Waals surface area contributed by atoms with Gasteiger partial charge in [0.2, 0.25) is 0 Å². The van der Waals surface area contributed by atoms with E-state index in [4.69, 9.17) is 0 Å². The van der Waals surface area contributed by atoms with Crippen LogP contribution in [0.25, 0.3) is 0 Å². The number of amides is 1. The molecular formula is C22H22N4O2. The zero-order valence-electron chi connectivity index (χ0n) is 16.1. The Hall–Kier alpha value is -3.54. The zero-order valence-corrected chi connectivity index (χ0v) is 16.1. The summed E-state index contributed by atoms with van der Waals surface area (Å²) in [6.45, 7) is 5.68. The SMILES string of the molecule is CC(=O)c1ccc(Nc2ccc(C(=O)Nc3ccccc3C(C)C)nn2)cc1. The molecule has 0 aliphatic heterocycles. The number of nitrogens with one attached hydrogen (secondary N) is 2. The third-order valence-corrected chi connectivity index (χ3v) is 4.29. The van der Waals surface area contributed by atoms with Crippen LogP contribution in [0.5, 0.6) is 0 Å². The smallest absolute Gasteiger partial charge is 0.276 e. The van der Waals surface area contributed by atoms with Crippen LogP contribution < -0.4 is 10.6 Å². The van der Waals surface area contributed by atoms with Gasteiger partial charge in [-0.15, -0.1) is 10.2 Å². The van der Waals surface area contributed by atoms with Gasteiger partial charge in [-0.1, -0.05) is 32.0 Å². The lowest BCUT2D eigenvalue weighted by molar-refractivity contribution is 0.101. The fourth-order valence-electron chi connectivity index (χ4n) is 2.76.